The van der Waals surface area contributed by atoms with E-state index >= 15 is 0 Å². The van der Waals surface area contributed by atoms with Gasteiger partial charge in [0.25, 0.3) is 0 Å². The molecule has 1 unspecified atom stereocenters. The first-order valence-corrected chi connectivity index (χ1v) is 10.2. The van der Waals surface area contributed by atoms with E-state index in [0.29, 0.717) is 19.6 Å². The lowest BCUT2D eigenvalue weighted by atomic mass is 10.00. The summed E-state index contributed by atoms with van der Waals surface area (Å²) in [5.74, 6) is 0.00804. The molecule has 0 aromatic heterocycles. The smallest absolute Gasteiger partial charge is 0.220 e. The third-order valence-corrected chi connectivity index (χ3v) is 6.01. The van der Waals surface area contributed by atoms with Crippen molar-refractivity contribution >= 4 is 15.9 Å². The summed E-state index contributed by atoms with van der Waals surface area (Å²) in [7, 11) is -3.38. The van der Waals surface area contributed by atoms with Gasteiger partial charge in [0.1, 0.15) is 0 Å². The van der Waals surface area contributed by atoms with Crippen LogP contribution in [0.4, 0.5) is 0 Å². The minimum absolute atomic E-state index is 0.0306. The summed E-state index contributed by atoms with van der Waals surface area (Å²) < 4.78 is 31.9. The van der Waals surface area contributed by atoms with Crippen molar-refractivity contribution in [3.63, 3.8) is 0 Å². The Kier molecular flexibility index (Phi) is 7.26. The van der Waals surface area contributed by atoms with E-state index in [1.54, 1.807) is 0 Å². The van der Waals surface area contributed by atoms with Gasteiger partial charge < -0.3 is 15.8 Å². The molecule has 4 N–H and O–H groups in total. The maximum Gasteiger partial charge on any atom is 0.220 e. The molecule has 0 aromatic rings. The highest BCUT2D eigenvalue weighted by molar-refractivity contribution is 7.89. The lowest BCUT2D eigenvalue weighted by molar-refractivity contribution is -0.121. The van der Waals surface area contributed by atoms with Gasteiger partial charge in [0.05, 0.1) is 11.9 Å². The fourth-order valence-corrected chi connectivity index (χ4v) is 4.17. The van der Waals surface area contributed by atoms with Gasteiger partial charge in [-0.05, 0) is 38.0 Å². The maximum atomic E-state index is 11.9. The van der Waals surface area contributed by atoms with Gasteiger partial charge in [-0.25, -0.2) is 13.1 Å². The molecule has 1 saturated carbocycles. The zero-order valence-electron chi connectivity index (χ0n) is 13.6. The van der Waals surface area contributed by atoms with Crippen LogP contribution in [0.25, 0.3) is 0 Å². The standard InChI is InChI=1S/C15H29N3O4S/c16-14-6-3-4-12(14)10-15(19)17-7-9-23(20,21)18-11-13-5-1-2-8-22-13/h12-14,18H,1-11,16H2,(H,17,19)/t12-,13?,14+/m0/s1. The Hall–Kier alpha value is -0.700. The molecule has 2 rings (SSSR count). The SMILES string of the molecule is N[C@@H]1CCC[C@H]1CC(=O)NCCS(=O)(=O)NCC1CCCCO1. The van der Waals surface area contributed by atoms with Crippen molar-refractivity contribution < 1.29 is 17.9 Å². The van der Waals surface area contributed by atoms with Gasteiger partial charge >= 0.3 is 0 Å². The number of hydrogen-bond acceptors (Lipinski definition) is 5. The Morgan fingerprint density at radius 2 is 2.00 bits per heavy atom. The molecule has 7 nitrogen and oxygen atoms in total. The van der Waals surface area contributed by atoms with Crippen molar-refractivity contribution in [3.05, 3.63) is 0 Å². The lowest BCUT2D eigenvalue weighted by Crippen LogP contribution is -2.40. The molecule has 0 aromatic carbocycles. The van der Waals surface area contributed by atoms with Crippen molar-refractivity contribution in [3.8, 4) is 0 Å². The van der Waals surface area contributed by atoms with Crippen LogP contribution in [-0.4, -0.2) is 51.9 Å². The topological polar surface area (TPSA) is 111 Å². The van der Waals surface area contributed by atoms with Gasteiger partial charge in [-0.3, -0.25) is 4.79 Å². The molecule has 134 valence electrons. The average molecular weight is 347 g/mol. The average Bonchev–Trinajstić information content (AvgIpc) is 2.91. The van der Waals surface area contributed by atoms with E-state index < -0.39 is 10.0 Å². The molecular weight excluding hydrogens is 318 g/mol. The molecule has 2 fully saturated rings. The number of rotatable bonds is 8. The van der Waals surface area contributed by atoms with Gasteiger partial charge in [0.15, 0.2) is 0 Å². The van der Waals surface area contributed by atoms with Crippen molar-refractivity contribution in [2.24, 2.45) is 11.7 Å². The van der Waals surface area contributed by atoms with Crippen molar-refractivity contribution in [1.29, 1.82) is 0 Å². The highest BCUT2D eigenvalue weighted by atomic mass is 32.2. The monoisotopic (exact) mass is 347 g/mol. The van der Waals surface area contributed by atoms with E-state index in [0.717, 1.165) is 38.5 Å². The summed E-state index contributed by atoms with van der Waals surface area (Å²) in [6, 6.07) is 0.0987. The van der Waals surface area contributed by atoms with E-state index in [-0.39, 0.29) is 36.3 Å². The van der Waals surface area contributed by atoms with Crippen LogP contribution in [-0.2, 0) is 19.6 Å². The molecular formula is C15H29N3O4S. The van der Waals surface area contributed by atoms with Crippen LogP contribution in [0.3, 0.4) is 0 Å². The van der Waals surface area contributed by atoms with Crippen LogP contribution in [0, 0.1) is 5.92 Å². The number of nitrogens with one attached hydrogen (secondary N) is 2. The number of amides is 1. The maximum absolute atomic E-state index is 11.9. The summed E-state index contributed by atoms with van der Waals surface area (Å²) in [5.41, 5.74) is 5.94. The fraction of sp³-hybridized carbons (Fsp3) is 0.933. The molecule has 0 radical (unpaired) electrons. The Balaban J connectivity index is 1.60. The molecule has 1 aliphatic heterocycles. The van der Waals surface area contributed by atoms with Crippen LogP contribution in [0.1, 0.15) is 44.9 Å². The van der Waals surface area contributed by atoms with Crippen LogP contribution in [0.5, 0.6) is 0 Å². The Morgan fingerprint density at radius 3 is 2.65 bits per heavy atom. The first kappa shape index (κ1) is 18.6. The predicted octanol–water partition coefficient (Wildman–Crippen LogP) is 0.109. The molecule has 1 heterocycles. The van der Waals surface area contributed by atoms with E-state index in [2.05, 4.69) is 10.0 Å². The van der Waals surface area contributed by atoms with Gasteiger partial charge in [0, 0.05) is 32.2 Å². The summed E-state index contributed by atoms with van der Waals surface area (Å²) in [4.78, 5) is 11.8. The first-order valence-electron chi connectivity index (χ1n) is 8.57. The number of carbonyl (C=O) groups excluding carboxylic acids is 1. The predicted molar refractivity (Wildman–Crippen MR) is 88.3 cm³/mol. The Morgan fingerprint density at radius 1 is 1.17 bits per heavy atom. The normalized spacial score (nSPS) is 28.7. The van der Waals surface area contributed by atoms with Crippen LogP contribution < -0.4 is 15.8 Å². The Labute approximate surface area is 138 Å². The third-order valence-electron chi connectivity index (χ3n) is 4.66. The zero-order chi connectivity index (χ0) is 16.7. The van der Waals surface area contributed by atoms with E-state index in [9.17, 15) is 13.2 Å². The summed E-state index contributed by atoms with van der Waals surface area (Å²) in [6.07, 6.45) is 6.39. The molecule has 23 heavy (non-hydrogen) atoms. The second-order valence-electron chi connectivity index (χ2n) is 6.56. The molecule has 2 aliphatic rings. The zero-order valence-corrected chi connectivity index (χ0v) is 14.4. The molecule has 1 aliphatic carbocycles. The van der Waals surface area contributed by atoms with Crippen molar-refractivity contribution in [2.45, 2.75) is 57.1 Å². The second-order valence-corrected chi connectivity index (χ2v) is 8.49. The van der Waals surface area contributed by atoms with Gasteiger partial charge in [0.2, 0.25) is 15.9 Å². The van der Waals surface area contributed by atoms with Crippen LogP contribution >= 0.6 is 0 Å². The number of carbonyl (C=O) groups is 1. The molecule has 8 heteroatoms. The molecule has 0 bridgehead atoms. The van der Waals surface area contributed by atoms with Crippen molar-refractivity contribution in [2.75, 3.05) is 25.4 Å². The Bertz CT molecular complexity index is 477. The summed E-state index contributed by atoms with van der Waals surface area (Å²) in [6.45, 7) is 1.14. The first-order chi connectivity index (χ1) is 11.0. The van der Waals surface area contributed by atoms with E-state index in [1.807, 2.05) is 0 Å². The number of nitrogens with two attached hydrogens (primary N) is 1. The highest BCUT2D eigenvalue weighted by Crippen LogP contribution is 2.26. The number of ether oxygens (including phenoxy) is 1. The van der Waals surface area contributed by atoms with Crippen LogP contribution in [0.2, 0.25) is 0 Å². The molecule has 1 saturated heterocycles. The second kappa shape index (κ2) is 8.96. The quantitative estimate of drug-likeness (QED) is 0.577. The summed E-state index contributed by atoms with van der Waals surface area (Å²) in [5, 5.41) is 2.68. The molecule has 3 atom stereocenters. The number of sulfonamides is 1. The number of hydrogen-bond donors (Lipinski definition) is 3. The molecule has 1 amide bonds. The lowest BCUT2D eigenvalue weighted by Gasteiger charge is -2.22. The van der Waals surface area contributed by atoms with Gasteiger partial charge in [-0.1, -0.05) is 6.42 Å². The van der Waals surface area contributed by atoms with Gasteiger partial charge in [-0.15, -0.1) is 0 Å². The third kappa shape index (κ3) is 6.74. The largest absolute Gasteiger partial charge is 0.377 e. The summed E-state index contributed by atoms with van der Waals surface area (Å²) >= 11 is 0. The fourth-order valence-electron chi connectivity index (χ4n) is 3.21. The minimum Gasteiger partial charge on any atom is -0.377 e. The van der Waals surface area contributed by atoms with E-state index in [1.165, 1.54) is 0 Å². The minimum atomic E-state index is -3.38. The molecule has 0 spiro atoms. The highest BCUT2D eigenvalue weighted by Gasteiger charge is 2.26. The van der Waals surface area contributed by atoms with Crippen LogP contribution in [0.15, 0.2) is 0 Å². The van der Waals surface area contributed by atoms with Gasteiger partial charge in [-0.2, -0.15) is 0 Å². The van der Waals surface area contributed by atoms with Crippen molar-refractivity contribution in [1.82, 2.24) is 10.0 Å². The van der Waals surface area contributed by atoms with E-state index in [4.69, 9.17) is 10.5 Å².